The molecule has 0 aliphatic rings. The molecule has 98 valence electrons. The minimum atomic E-state index is -0.0880. The number of rotatable bonds is 3. The number of hydrogen-bond donors (Lipinski definition) is 2. The van der Waals surface area contributed by atoms with Crippen LogP contribution in [0.15, 0.2) is 30.5 Å². The Bertz CT molecular complexity index is 617. The second kappa shape index (κ2) is 5.28. The van der Waals surface area contributed by atoms with Crippen LogP contribution in [0.1, 0.15) is 16.8 Å². The molecule has 1 heterocycles. The molecule has 0 amide bonds. The molecule has 0 spiro atoms. The third-order valence-corrected chi connectivity index (χ3v) is 2.87. The zero-order valence-corrected chi connectivity index (χ0v) is 11.5. The van der Waals surface area contributed by atoms with E-state index in [1.54, 1.807) is 18.3 Å². The van der Waals surface area contributed by atoms with Gasteiger partial charge in [-0.1, -0.05) is 11.6 Å². The third-order valence-electron chi connectivity index (χ3n) is 2.65. The van der Waals surface area contributed by atoms with Crippen LogP contribution in [0, 0.1) is 19.3 Å². The molecule has 1 aromatic carbocycles. The zero-order valence-electron chi connectivity index (χ0n) is 10.7. The van der Waals surface area contributed by atoms with E-state index >= 15 is 0 Å². The predicted molar refractivity (Wildman–Crippen MR) is 76.3 cm³/mol. The molecule has 0 fully saturated rings. The van der Waals surface area contributed by atoms with Crippen LogP contribution in [0.25, 0.3) is 0 Å². The summed E-state index contributed by atoms with van der Waals surface area (Å²) >= 11 is 5.98. The van der Waals surface area contributed by atoms with Crippen molar-refractivity contribution in [3.05, 3.63) is 52.3 Å². The summed E-state index contributed by atoms with van der Waals surface area (Å²) in [5.41, 5.74) is 7.69. The Labute approximate surface area is 116 Å². The van der Waals surface area contributed by atoms with E-state index in [9.17, 15) is 0 Å². The summed E-state index contributed by atoms with van der Waals surface area (Å²) in [4.78, 5) is 3.99. The molecule has 4 nitrogen and oxygen atoms in total. The molecule has 0 unspecified atom stereocenters. The van der Waals surface area contributed by atoms with Crippen LogP contribution in [0.2, 0.25) is 5.02 Å². The fourth-order valence-corrected chi connectivity index (χ4v) is 2.13. The largest absolute Gasteiger partial charge is 0.457 e. The minimum Gasteiger partial charge on any atom is -0.457 e. The van der Waals surface area contributed by atoms with Crippen LogP contribution in [0.4, 0.5) is 0 Å². The monoisotopic (exact) mass is 275 g/mol. The van der Waals surface area contributed by atoms with Crippen LogP contribution >= 0.6 is 11.6 Å². The fourth-order valence-electron chi connectivity index (χ4n) is 1.80. The highest BCUT2D eigenvalue weighted by Gasteiger charge is 2.08. The summed E-state index contributed by atoms with van der Waals surface area (Å²) in [6.07, 6.45) is 1.56. The van der Waals surface area contributed by atoms with E-state index in [0.29, 0.717) is 16.5 Å². The second-order valence-electron chi connectivity index (χ2n) is 4.26. The van der Waals surface area contributed by atoms with Gasteiger partial charge in [-0.05, 0) is 43.2 Å². The molecule has 5 heteroatoms. The van der Waals surface area contributed by atoms with Gasteiger partial charge in [-0.2, -0.15) is 0 Å². The Balaban J connectivity index is 2.36. The van der Waals surface area contributed by atoms with Gasteiger partial charge >= 0.3 is 0 Å². The first kappa shape index (κ1) is 13.4. The lowest BCUT2D eigenvalue weighted by atomic mass is 10.1. The first-order chi connectivity index (χ1) is 8.97. The normalized spacial score (nSPS) is 10.3. The number of nitrogens with one attached hydrogen (secondary N) is 1. The Morgan fingerprint density at radius 2 is 1.89 bits per heavy atom. The maximum Gasteiger partial charge on any atom is 0.141 e. The maximum atomic E-state index is 7.37. The second-order valence-corrected chi connectivity index (χ2v) is 4.70. The lowest BCUT2D eigenvalue weighted by Crippen LogP contribution is -2.12. The van der Waals surface area contributed by atoms with Gasteiger partial charge in [0.2, 0.25) is 0 Å². The van der Waals surface area contributed by atoms with E-state index in [1.165, 1.54) is 0 Å². The molecule has 2 rings (SSSR count). The third kappa shape index (κ3) is 3.03. The fraction of sp³-hybridized carbons (Fsp3) is 0.143. The van der Waals surface area contributed by atoms with Gasteiger partial charge in [0.15, 0.2) is 0 Å². The molecule has 1 aromatic heterocycles. The number of nitrogen functional groups attached to an aromatic ring is 1. The van der Waals surface area contributed by atoms with Gasteiger partial charge in [-0.15, -0.1) is 0 Å². The minimum absolute atomic E-state index is 0.0880. The van der Waals surface area contributed by atoms with Crippen LogP contribution in [0.3, 0.4) is 0 Å². The summed E-state index contributed by atoms with van der Waals surface area (Å²) < 4.78 is 5.83. The van der Waals surface area contributed by atoms with E-state index in [0.717, 1.165) is 16.9 Å². The lowest BCUT2D eigenvalue weighted by Gasteiger charge is -2.12. The number of hydrogen-bond acceptors (Lipinski definition) is 3. The number of halogens is 1. The molecule has 0 atom stereocenters. The average Bonchev–Trinajstić information content (AvgIpc) is 2.34. The van der Waals surface area contributed by atoms with E-state index in [2.05, 4.69) is 4.98 Å². The Kier molecular flexibility index (Phi) is 3.71. The van der Waals surface area contributed by atoms with Gasteiger partial charge in [0.1, 0.15) is 23.0 Å². The summed E-state index contributed by atoms with van der Waals surface area (Å²) in [6, 6.07) is 7.05. The van der Waals surface area contributed by atoms with Crippen molar-refractivity contribution in [2.45, 2.75) is 13.8 Å². The molecule has 0 radical (unpaired) electrons. The average molecular weight is 276 g/mol. The van der Waals surface area contributed by atoms with Crippen LogP contribution < -0.4 is 10.5 Å². The van der Waals surface area contributed by atoms with Crippen molar-refractivity contribution >= 4 is 17.4 Å². The smallest absolute Gasteiger partial charge is 0.141 e. The molecule has 0 aliphatic carbocycles. The molecule has 0 aliphatic heterocycles. The van der Waals surface area contributed by atoms with Crippen molar-refractivity contribution in [3.63, 3.8) is 0 Å². The molecule has 0 saturated heterocycles. The van der Waals surface area contributed by atoms with E-state index < -0.39 is 0 Å². The van der Waals surface area contributed by atoms with Gasteiger partial charge < -0.3 is 10.5 Å². The van der Waals surface area contributed by atoms with E-state index in [-0.39, 0.29) is 5.84 Å². The SMILES string of the molecule is Cc1cc(Cl)cc(C)c1Oc1ccnc(C(=N)N)c1. The van der Waals surface area contributed by atoms with Crippen LogP contribution in [0.5, 0.6) is 11.5 Å². The summed E-state index contributed by atoms with van der Waals surface area (Å²) in [5, 5.41) is 8.05. The highest BCUT2D eigenvalue weighted by Crippen LogP contribution is 2.31. The topological polar surface area (TPSA) is 72.0 Å². The molecule has 0 saturated carbocycles. The van der Waals surface area contributed by atoms with Gasteiger partial charge in [0.25, 0.3) is 0 Å². The lowest BCUT2D eigenvalue weighted by molar-refractivity contribution is 0.474. The number of aromatic nitrogens is 1. The van der Waals surface area contributed by atoms with Crippen molar-refractivity contribution in [1.29, 1.82) is 5.41 Å². The van der Waals surface area contributed by atoms with Crippen molar-refractivity contribution < 1.29 is 4.74 Å². The summed E-state index contributed by atoms with van der Waals surface area (Å²) in [7, 11) is 0. The molecule has 2 aromatic rings. The maximum absolute atomic E-state index is 7.37. The van der Waals surface area contributed by atoms with Crippen LogP contribution in [-0.2, 0) is 0 Å². The molecular weight excluding hydrogens is 262 g/mol. The number of ether oxygens (including phenoxy) is 1. The van der Waals surface area contributed by atoms with Crippen molar-refractivity contribution in [1.82, 2.24) is 4.98 Å². The number of nitrogens with two attached hydrogens (primary N) is 1. The number of benzene rings is 1. The van der Waals surface area contributed by atoms with Crippen LogP contribution in [-0.4, -0.2) is 10.8 Å². The highest BCUT2D eigenvalue weighted by molar-refractivity contribution is 6.30. The van der Waals surface area contributed by atoms with E-state index in [1.807, 2.05) is 26.0 Å². The van der Waals surface area contributed by atoms with Gasteiger partial charge in [-0.3, -0.25) is 10.4 Å². The first-order valence-electron chi connectivity index (χ1n) is 5.72. The van der Waals surface area contributed by atoms with Gasteiger partial charge in [0.05, 0.1) is 0 Å². The molecule has 0 bridgehead atoms. The Morgan fingerprint density at radius 1 is 1.26 bits per heavy atom. The van der Waals surface area contributed by atoms with E-state index in [4.69, 9.17) is 27.5 Å². The zero-order chi connectivity index (χ0) is 14.0. The van der Waals surface area contributed by atoms with Crippen molar-refractivity contribution in [3.8, 4) is 11.5 Å². The summed E-state index contributed by atoms with van der Waals surface area (Å²) in [6.45, 7) is 3.86. The van der Waals surface area contributed by atoms with Gasteiger partial charge in [-0.25, -0.2) is 0 Å². The quantitative estimate of drug-likeness (QED) is 0.666. The van der Waals surface area contributed by atoms with Gasteiger partial charge in [0, 0.05) is 17.3 Å². The van der Waals surface area contributed by atoms with Crippen molar-refractivity contribution in [2.75, 3.05) is 0 Å². The number of pyridine rings is 1. The number of nitrogens with zero attached hydrogens (tertiary/aromatic N) is 1. The standard InChI is InChI=1S/C14H14ClN3O/c1-8-5-10(15)6-9(2)13(8)19-11-3-4-18-12(7-11)14(16)17/h3-7H,1-2H3,(H3,16,17). The first-order valence-corrected chi connectivity index (χ1v) is 6.10. The Hall–Kier alpha value is -2.07. The Morgan fingerprint density at radius 3 is 2.47 bits per heavy atom. The molecule has 3 N–H and O–H groups in total. The highest BCUT2D eigenvalue weighted by atomic mass is 35.5. The number of aryl methyl sites for hydroxylation is 2. The van der Waals surface area contributed by atoms with Crippen molar-refractivity contribution in [2.24, 2.45) is 5.73 Å². The molecule has 19 heavy (non-hydrogen) atoms. The number of amidine groups is 1. The predicted octanol–water partition coefficient (Wildman–Crippen LogP) is 3.43. The molecular formula is C14H14ClN3O. The summed E-state index contributed by atoms with van der Waals surface area (Å²) in [5.74, 6) is 1.26.